The summed E-state index contributed by atoms with van der Waals surface area (Å²) in [6.45, 7) is 2.06. The van der Waals surface area contributed by atoms with Crippen molar-refractivity contribution in [2.24, 2.45) is 7.05 Å². The number of thiophene rings is 1. The van der Waals surface area contributed by atoms with Crippen molar-refractivity contribution >= 4 is 11.3 Å². The highest BCUT2D eigenvalue weighted by atomic mass is 32.1. The van der Waals surface area contributed by atoms with E-state index in [1.807, 2.05) is 0 Å². The van der Waals surface area contributed by atoms with Crippen LogP contribution >= 0.6 is 11.3 Å². The Hall–Kier alpha value is -1.66. The van der Waals surface area contributed by atoms with E-state index < -0.39 is 11.1 Å². The normalized spacial score (nSPS) is 10.8. The summed E-state index contributed by atoms with van der Waals surface area (Å²) >= 11 is 1.69. The summed E-state index contributed by atoms with van der Waals surface area (Å²) in [6, 6.07) is 2.11. The molecular weight excluding hydrogens is 262 g/mol. The van der Waals surface area contributed by atoms with Crippen molar-refractivity contribution in [3.8, 4) is 0 Å². The van der Waals surface area contributed by atoms with Crippen molar-refractivity contribution in [3.63, 3.8) is 0 Å². The zero-order chi connectivity index (χ0) is 13.7. The number of nitrogens with zero attached hydrogens (tertiary/aromatic N) is 2. The van der Waals surface area contributed by atoms with Gasteiger partial charge in [0.15, 0.2) is 0 Å². The van der Waals surface area contributed by atoms with E-state index in [9.17, 15) is 9.59 Å². The van der Waals surface area contributed by atoms with Gasteiger partial charge in [-0.25, -0.2) is 0 Å². The lowest BCUT2D eigenvalue weighted by atomic mass is 10.2. The van der Waals surface area contributed by atoms with Gasteiger partial charge in [-0.1, -0.05) is 0 Å². The van der Waals surface area contributed by atoms with Gasteiger partial charge in [0.05, 0.1) is 0 Å². The molecule has 2 aromatic rings. The van der Waals surface area contributed by atoms with Crippen LogP contribution in [0.4, 0.5) is 0 Å². The number of hydrogen-bond acceptors (Lipinski definition) is 4. The highest BCUT2D eigenvalue weighted by Crippen LogP contribution is 2.05. The van der Waals surface area contributed by atoms with Crippen molar-refractivity contribution in [1.82, 2.24) is 14.5 Å². The predicted molar refractivity (Wildman–Crippen MR) is 76.8 cm³/mol. The van der Waals surface area contributed by atoms with Gasteiger partial charge in [-0.3, -0.25) is 9.59 Å². The first-order valence-corrected chi connectivity index (χ1v) is 7.10. The van der Waals surface area contributed by atoms with Crippen molar-refractivity contribution in [2.75, 3.05) is 13.1 Å². The largest absolute Gasteiger partial charge is 0.316 e. The Morgan fingerprint density at radius 3 is 2.79 bits per heavy atom. The van der Waals surface area contributed by atoms with Crippen molar-refractivity contribution in [3.05, 3.63) is 55.5 Å². The van der Waals surface area contributed by atoms with Crippen molar-refractivity contribution in [1.29, 1.82) is 0 Å². The molecule has 0 saturated heterocycles. The third-order valence-corrected chi connectivity index (χ3v) is 3.67. The standard InChI is InChI=1S/C13H17N3O2S/c1-15-7-8-16(13(18)12(15)17)6-5-14-4-2-11-3-9-19-10-11/h3,7-10,14H,2,4-6H2,1H3. The number of aromatic nitrogens is 2. The van der Waals surface area contributed by atoms with Crippen LogP contribution in [-0.2, 0) is 20.0 Å². The van der Waals surface area contributed by atoms with Crippen LogP contribution in [0.3, 0.4) is 0 Å². The summed E-state index contributed by atoms with van der Waals surface area (Å²) in [6.07, 6.45) is 4.23. The maximum absolute atomic E-state index is 11.6. The second-order valence-corrected chi connectivity index (χ2v) is 5.12. The molecule has 0 aliphatic heterocycles. The molecule has 2 heterocycles. The molecule has 102 valence electrons. The van der Waals surface area contributed by atoms with Gasteiger partial charge < -0.3 is 14.5 Å². The van der Waals surface area contributed by atoms with Crippen LogP contribution in [-0.4, -0.2) is 22.2 Å². The van der Waals surface area contributed by atoms with E-state index in [0.29, 0.717) is 13.1 Å². The van der Waals surface area contributed by atoms with E-state index in [4.69, 9.17) is 0 Å². The summed E-state index contributed by atoms with van der Waals surface area (Å²) in [7, 11) is 1.58. The fraction of sp³-hybridized carbons (Fsp3) is 0.385. The molecule has 0 unspecified atom stereocenters. The lowest BCUT2D eigenvalue weighted by Gasteiger charge is -2.07. The third kappa shape index (κ3) is 3.65. The Morgan fingerprint density at radius 2 is 2.05 bits per heavy atom. The molecule has 6 heteroatoms. The quantitative estimate of drug-likeness (QED) is 0.617. The molecule has 2 aromatic heterocycles. The minimum atomic E-state index is -0.485. The summed E-state index contributed by atoms with van der Waals surface area (Å²) in [5.74, 6) is 0. The van der Waals surface area contributed by atoms with Crippen LogP contribution in [0.5, 0.6) is 0 Å². The topological polar surface area (TPSA) is 56.0 Å². The molecule has 0 aliphatic carbocycles. The Labute approximate surface area is 115 Å². The zero-order valence-corrected chi connectivity index (χ0v) is 11.7. The first kappa shape index (κ1) is 13.8. The maximum Gasteiger partial charge on any atom is 0.316 e. The van der Waals surface area contributed by atoms with Crippen LogP contribution < -0.4 is 16.4 Å². The molecule has 0 atom stereocenters. The van der Waals surface area contributed by atoms with Crippen molar-refractivity contribution in [2.45, 2.75) is 13.0 Å². The minimum Gasteiger partial charge on any atom is -0.315 e. The zero-order valence-electron chi connectivity index (χ0n) is 10.8. The van der Waals surface area contributed by atoms with E-state index in [1.165, 1.54) is 14.7 Å². The van der Waals surface area contributed by atoms with Gasteiger partial charge >= 0.3 is 11.1 Å². The summed E-state index contributed by atoms with van der Waals surface area (Å²) < 4.78 is 2.74. The highest BCUT2D eigenvalue weighted by molar-refractivity contribution is 7.07. The molecular formula is C13H17N3O2S. The second kappa shape index (κ2) is 6.49. The van der Waals surface area contributed by atoms with Gasteiger partial charge in [-0.2, -0.15) is 11.3 Å². The Morgan fingerprint density at radius 1 is 1.21 bits per heavy atom. The average Bonchev–Trinajstić information content (AvgIpc) is 2.91. The average molecular weight is 279 g/mol. The molecule has 1 N–H and O–H groups in total. The lowest BCUT2D eigenvalue weighted by Crippen LogP contribution is -2.40. The van der Waals surface area contributed by atoms with Crippen molar-refractivity contribution < 1.29 is 0 Å². The smallest absolute Gasteiger partial charge is 0.315 e. The van der Waals surface area contributed by atoms with E-state index in [1.54, 1.807) is 30.8 Å². The Balaban J connectivity index is 1.79. The molecule has 0 fully saturated rings. The Bertz CT molecular complexity index is 628. The monoisotopic (exact) mass is 279 g/mol. The fourth-order valence-corrected chi connectivity index (χ4v) is 2.46. The molecule has 0 spiro atoms. The highest BCUT2D eigenvalue weighted by Gasteiger charge is 2.01. The molecule has 2 rings (SSSR count). The van der Waals surface area contributed by atoms with Crippen LogP contribution in [0.2, 0.25) is 0 Å². The van der Waals surface area contributed by atoms with Crippen LogP contribution in [0.25, 0.3) is 0 Å². The fourth-order valence-electron chi connectivity index (χ4n) is 1.76. The molecule has 5 nitrogen and oxygen atoms in total. The van der Waals surface area contributed by atoms with Gasteiger partial charge in [-0.05, 0) is 35.4 Å². The van der Waals surface area contributed by atoms with E-state index >= 15 is 0 Å². The van der Waals surface area contributed by atoms with E-state index in [2.05, 4.69) is 22.1 Å². The first-order chi connectivity index (χ1) is 9.18. The van der Waals surface area contributed by atoms with Crippen LogP contribution in [0.15, 0.2) is 38.8 Å². The van der Waals surface area contributed by atoms with Crippen LogP contribution in [0.1, 0.15) is 5.56 Å². The molecule has 0 aliphatic rings. The third-order valence-electron chi connectivity index (χ3n) is 2.93. The molecule has 0 radical (unpaired) electrons. The lowest BCUT2D eigenvalue weighted by molar-refractivity contribution is 0.573. The maximum atomic E-state index is 11.6. The summed E-state index contributed by atoms with van der Waals surface area (Å²) in [5, 5.41) is 7.47. The summed E-state index contributed by atoms with van der Waals surface area (Å²) in [4.78, 5) is 23.1. The molecule has 0 amide bonds. The molecule has 0 aromatic carbocycles. The van der Waals surface area contributed by atoms with E-state index in [0.717, 1.165) is 13.0 Å². The van der Waals surface area contributed by atoms with Gasteiger partial charge in [0, 0.05) is 32.5 Å². The Kier molecular flexibility index (Phi) is 4.70. The number of aryl methyl sites for hydroxylation is 1. The number of hydrogen-bond donors (Lipinski definition) is 1. The minimum absolute atomic E-state index is 0.468. The SMILES string of the molecule is Cn1ccn(CCNCCc2ccsc2)c(=O)c1=O. The van der Waals surface area contributed by atoms with Gasteiger partial charge in [0.25, 0.3) is 0 Å². The molecule has 19 heavy (non-hydrogen) atoms. The van der Waals surface area contributed by atoms with Gasteiger partial charge in [0.1, 0.15) is 0 Å². The number of rotatable bonds is 6. The van der Waals surface area contributed by atoms with Crippen LogP contribution in [0, 0.1) is 0 Å². The molecule has 0 saturated carbocycles. The number of nitrogens with one attached hydrogen (secondary N) is 1. The second-order valence-electron chi connectivity index (χ2n) is 4.34. The van der Waals surface area contributed by atoms with E-state index in [-0.39, 0.29) is 0 Å². The molecule has 0 bridgehead atoms. The van der Waals surface area contributed by atoms with Gasteiger partial charge in [-0.15, -0.1) is 0 Å². The predicted octanol–water partition coefficient (Wildman–Crippen LogP) is 0.441. The van der Waals surface area contributed by atoms with Gasteiger partial charge in [0.2, 0.25) is 0 Å². The summed E-state index contributed by atoms with van der Waals surface area (Å²) in [5.41, 5.74) is 0.369. The first-order valence-electron chi connectivity index (χ1n) is 6.16.